The Kier molecular flexibility index (Phi) is 10.7. The summed E-state index contributed by atoms with van der Waals surface area (Å²) in [6, 6.07) is 5.06. The summed E-state index contributed by atoms with van der Waals surface area (Å²) in [5, 5.41) is 18.4. The molecule has 0 spiro atoms. The summed E-state index contributed by atoms with van der Waals surface area (Å²) in [4.78, 5) is 32.3. The Bertz CT molecular complexity index is 771. The Morgan fingerprint density at radius 2 is 1.97 bits per heavy atom. The number of esters is 1. The van der Waals surface area contributed by atoms with E-state index in [-0.39, 0.29) is 25.2 Å². The molecule has 168 valence electrons. The SMILES string of the molecule is C=C[C@H](OP(=O)(O)OC[C@H](N)C(=O)O)C(COC(=O)CCc1ccccc1O)OC. The highest BCUT2D eigenvalue weighted by atomic mass is 31.2. The van der Waals surface area contributed by atoms with Crippen LogP contribution < -0.4 is 5.73 Å². The third-order valence-corrected chi connectivity index (χ3v) is 4.87. The molecular weight excluding hydrogens is 421 g/mol. The van der Waals surface area contributed by atoms with Crippen LogP contribution in [0.5, 0.6) is 5.75 Å². The number of phosphoric ester groups is 1. The van der Waals surface area contributed by atoms with Crippen LogP contribution in [0.25, 0.3) is 0 Å². The smallest absolute Gasteiger partial charge is 0.472 e. The molecule has 1 rings (SSSR count). The Morgan fingerprint density at radius 3 is 2.53 bits per heavy atom. The van der Waals surface area contributed by atoms with Gasteiger partial charge in [-0.25, -0.2) is 4.57 Å². The molecule has 0 heterocycles. The number of aliphatic carboxylic acids is 1. The second-order valence-corrected chi connectivity index (χ2v) is 7.51. The Balaban J connectivity index is 2.56. The van der Waals surface area contributed by atoms with E-state index in [1.807, 2.05) is 0 Å². The quantitative estimate of drug-likeness (QED) is 0.182. The van der Waals surface area contributed by atoms with Crippen molar-refractivity contribution < 1.29 is 47.8 Å². The van der Waals surface area contributed by atoms with Gasteiger partial charge in [0, 0.05) is 13.5 Å². The number of carboxylic acid groups (broad SMARTS) is 1. The van der Waals surface area contributed by atoms with Crippen molar-refractivity contribution in [2.75, 3.05) is 20.3 Å². The molecule has 0 aliphatic carbocycles. The van der Waals surface area contributed by atoms with Gasteiger partial charge in [0.05, 0.1) is 6.61 Å². The van der Waals surface area contributed by atoms with Gasteiger partial charge in [0.2, 0.25) is 0 Å². The average Bonchev–Trinajstić information content (AvgIpc) is 2.70. The monoisotopic (exact) mass is 447 g/mol. The molecule has 0 aliphatic rings. The van der Waals surface area contributed by atoms with Crippen LogP contribution in [-0.2, 0) is 39.1 Å². The van der Waals surface area contributed by atoms with Gasteiger partial charge in [-0.15, -0.1) is 6.58 Å². The minimum atomic E-state index is -4.69. The van der Waals surface area contributed by atoms with Gasteiger partial charge in [0.25, 0.3) is 0 Å². The molecule has 0 radical (unpaired) electrons. The van der Waals surface area contributed by atoms with E-state index in [4.69, 9.17) is 24.8 Å². The lowest BCUT2D eigenvalue weighted by molar-refractivity contribution is -0.149. The first-order valence-electron chi connectivity index (χ1n) is 8.81. The fourth-order valence-electron chi connectivity index (χ4n) is 2.20. The molecule has 0 amide bonds. The summed E-state index contributed by atoms with van der Waals surface area (Å²) in [7, 11) is -3.43. The Morgan fingerprint density at radius 1 is 1.30 bits per heavy atom. The highest BCUT2D eigenvalue weighted by molar-refractivity contribution is 7.47. The number of benzene rings is 1. The van der Waals surface area contributed by atoms with Crippen LogP contribution in [0.1, 0.15) is 12.0 Å². The topological polar surface area (TPSA) is 175 Å². The molecule has 1 aromatic rings. The lowest BCUT2D eigenvalue weighted by atomic mass is 10.1. The normalized spacial score (nSPS) is 16.1. The van der Waals surface area contributed by atoms with Crippen LogP contribution >= 0.6 is 7.82 Å². The maximum Gasteiger partial charge on any atom is 0.472 e. The zero-order chi connectivity index (χ0) is 22.7. The van der Waals surface area contributed by atoms with E-state index >= 15 is 0 Å². The molecule has 12 heteroatoms. The second-order valence-electron chi connectivity index (χ2n) is 6.10. The van der Waals surface area contributed by atoms with Crippen molar-refractivity contribution in [1.82, 2.24) is 0 Å². The third-order valence-electron chi connectivity index (χ3n) is 3.89. The first-order valence-corrected chi connectivity index (χ1v) is 10.3. The molecule has 0 saturated heterocycles. The number of carbonyl (C=O) groups excluding carboxylic acids is 1. The van der Waals surface area contributed by atoms with Crippen LogP contribution in [0.3, 0.4) is 0 Å². The van der Waals surface area contributed by atoms with Crippen molar-refractivity contribution in [3.8, 4) is 5.75 Å². The molecular formula is C18H26NO10P. The van der Waals surface area contributed by atoms with E-state index in [9.17, 15) is 24.2 Å². The summed E-state index contributed by atoms with van der Waals surface area (Å²) >= 11 is 0. The lowest BCUT2D eigenvalue weighted by Crippen LogP contribution is -2.36. The van der Waals surface area contributed by atoms with Crippen LogP contribution in [0.2, 0.25) is 0 Å². The summed E-state index contributed by atoms with van der Waals surface area (Å²) in [6.07, 6.45) is -0.810. The van der Waals surface area contributed by atoms with Gasteiger partial charge in [0.1, 0.15) is 30.6 Å². The van der Waals surface area contributed by atoms with Crippen molar-refractivity contribution in [2.24, 2.45) is 5.73 Å². The van der Waals surface area contributed by atoms with E-state index in [2.05, 4.69) is 11.1 Å². The predicted octanol–water partition coefficient (Wildman–Crippen LogP) is 0.983. The van der Waals surface area contributed by atoms with Crippen molar-refractivity contribution in [2.45, 2.75) is 31.1 Å². The number of ether oxygens (including phenoxy) is 2. The summed E-state index contributed by atoms with van der Waals surface area (Å²) in [6.45, 7) is 2.39. The summed E-state index contributed by atoms with van der Waals surface area (Å²) < 4.78 is 31.7. The number of hydrogen-bond acceptors (Lipinski definition) is 9. The van der Waals surface area contributed by atoms with Crippen LogP contribution in [0.4, 0.5) is 0 Å². The van der Waals surface area contributed by atoms with Crippen molar-refractivity contribution in [3.63, 3.8) is 0 Å². The summed E-state index contributed by atoms with van der Waals surface area (Å²) in [5.41, 5.74) is 5.79. The maximum atomic E-state index is 12.0. The second kappa shape index (κ2) is 12.4. The Labute approximate surface area is 173 Å². The highest BCUT2D eigenvalue weighted by Crippen LogP contribution is 2.45. The minimum Gasteiger partial charge on any atom is -0.508 e. The number of phenols is 1. The largest absolute Gasteiger partial charge is 0.508 e. The zero-order valence-corrected chi connectivity index (χ0v) is 17.3. The lowest BCUT2D eigenvalue weighted by Gasteiger charge is -2.25. The van der Waals surface area contributed by atoms with Gasteiger partial charge in [-0.2, -0.15) is 0 Å². The third kappa shape index (κ3) is 9.04. The molecule has 4 atom stereocenters. The van der Waals surface area contributed by atoms with E-state index in [0.717, 1.165) is 6.08 Å². The number of carbonyl (C=O) groups is 2. The summed E-state index contributed by atoms with van der Waals surface area (Å²) in [5.74, 6) is -1.93. The minimum absolute atomic E-state index is 0.0116. The number of phosphoric acid groups is 1. The molecule has 5 N–H and O–H groups in total. The van der Waals surface area contributed by atoms with E-state index < -0.39 is 44.6 Å². The van der Waals surface area contributed by atoms with Crippen molar-refractivity contribution in [3.05, 3.63) is 42.5 Å². The number of hydrogen-bond donors (Lipinski definition) is 4. The van der Waals surface area contributed by atoms with Gasteiger partial charge >= 0.3 is 19.8 Å². The molecule has 0 saturated carbocycles. The number of phenolic OH excluding ortho intramolecular Hbond substituents is 1. The fraction of sp³-hybridized carbons (Fsp3) is 0.444. The van der Waals surface area contributed by atoms with E-state index in [0.29, 0.717) is 5.56 Å². The van der Waals surface area contributed by atoms with Crippen LogP contribution in [0.15, 0.2) is 36.9 Å². The van der Waals surface area contributed by atoms with E-state index in [1.165, 1.54) is 13.2 Å². The zero-order valence-electron chi connectivity index (χ0n) is 16.4. The molecule has 0 aromatic heterocycles. The van der Waals surface area contributed by atoms with Crippen LogP contribution in [-0.4, -0.2) is 65.6 Å². The van der Waals surface area contributed by atoms with Gasteiger partial charge < -0.3 is 30.3 Å². The van der Waals surface area contributed by atoms with Crippen molar-refractivity contribution >= 4 is 19.8 Å². The number of aromatic hydroxyl groups is 1. The van der Waals surface area contributed by atoms with Gasteiger partial charge in [-0.1, -0.05) is 24.3 Å². The Hall–Kier alpha value is -2.27. The predicted molar refractivity (Wildman–Crippen MR) is 105 cm³/mol. The number of rotatable bonds is 14. The molecule has 11 nitrogen and oxygen atoms in total. The maximum absolute atomic E-state index is 12.0. The number of para-hydroxylation sites is 1. The molecule has 1 aromatic carbocycles. The number of nitrogens with two attached hydrogens (primary N) is 1. The molecule has 0 bridgehead atoms. The standard InChI is InChI=1S/C18H26NO10P/c1-3-15(29-30(24,25)28-10-13(19)18(22)23)16(26-2)11-27-17(21)9-8-12-6-4-5-7-14(12)20/h3-7,13,15-16,20H,1,8-11,19H2,2H3,(H,22,23)(H,24,25)/t13-,15-,16?/m0/s1. The van der Waals surface area contributed by atoms with Gasteiger partial charge in [0.15, 0.2) is 0 Å². The number of carboxylic acids is 1. The molecule has 0 aliphatic heterocycles. The number of methoxy groups -OCH3 is 1. The number of aryl methyl sites for hydroxylation is 1. The molecule has 30 heavy (non-hydrogen) atoms. The average molecular weight is 447 g/mol. The first kappa shape index (κ1) is 25.8. The first-order chi connectivity index (χ1) is 14.1. The van der Waals surface area contributed by atoms with Gasteiger partial charge in [-0.05, 0) is 18.1 Å². The van der Waals surface area contributed by atoms with E-state index in [1.54, 1.807) is 18.2 Å². The molecule has 2 unspecified atom stereocenters. The fourth-order valence-corrected chi connectivity index (χ4v) is 3.14. The molecule has 0 fully saturated rings. The van der Waals surface area contributed by atoms with Crippen LogP contribution in [0, 0.1) is 0 Å². The highest BCUT2D eigenvalue weighted by Gasteiger charge is 2.32. The van der Waals surface area contributed by atoms with Gasteiger partial charge in [-0.3, -0.25) is 18.6 Å². The van der Waals surface area contributed by atoms with Crippen molar-refractivity contribution in [1.29, 1.82) is 0 Å².